The van der Waals surface area contributed by atoms with Crippen molar-refractivity contribution in [3.63, 3.8) is 0 Å². The summed E-state index contributed by atoms with van der Waals surface area (Å²) >= 11 is 0. The number of unbranched alkanes of at least 4 members (excludes halogenated alkanes) is 6. The van der Waals surface area contributed by atoms with Crippen molar-refractivity contribution in [1.29, 1.82) is 0 Å². The van der Waals surface area contributed by atoms with Gasteiger partial charge in [-0.25, -0.2) is 9.59 Å². The fraction of sp³-hybridized carbons (Fsp3) is 0.353. The van der Waals surface area contributed by atoms with E-state index in [0.717, 1.165) is 31.4 Å². The summed E-state index contributed by atoms with van der Waals surface area (Å²) in [6, 6.07) is 18.1. The molecule has 0 aliphatic heterocycles. The largest absolute Gasteiger partial charge is 0.494 e. The van der Waals surface area contributed by atoms with Gasteiger partial charge in [0.1, 0.15) is 23.0 Å². The molecular weight excluding hydrogens is 504 g/mol. The van der Waals surface area contributed by atoms with Crippen molar-refractivity contribution < 1.29 is 28.5 Å². The third kappa shape index (κ3) is 9.81. The molecule has 210 valence electrons. The molecule has 0 bridgehead atoms. The summed E-state index contributed by atoms with van der Waals surface area (Å²) in [5.41, 5.74) is 0.634. The highest BCUT2D eigenvalue weighted by Gasteiger charge is 2.17. The maximum absolute atomic E-state index is 12.8. The zero-order valence-electron chi connectivity index (χ0n) is 23.4. The second-order valence-electron chi connectivity index (χ2n) is 9.44. The van der Waals surface area contributed by atoms with Gasteiger partial charge < -0.3 is 18.9 Å². The van der Waals surface area contributed by atoms with Gasteiger partial charge in [-0.05, 0) is 79.6 Å². The molecule has 3 aromatic rings. The molecule has 6 heteroatoms. The maximum atomic E-state index is 12.8. The van der Waals surface area contributed by atoms with E-state index in [-0.39, 0.29) is 16.7 Å². The monoisotopic (exact) mass is 542 g/mol. The molecule has 0 aliphatic carbocycles. The lowest BCUT2D eigenvalue weighted by molar-refractivity contribution is 0.0720. The van der Waals surface area contributed by atoms with Crippen LogP contribution in [-0.4, -0.2) is 25.2 Å². The first kappa shape index (κ1) is 30.3. The van der Waals surface area contributed by atoms with E-state index in [1.807, 2.05) is 0 Å². The summed E-state index contributed by atoms with van der Waals surface area (Å²) in [5, 5.41) is 0. The van der Waals surface area contributed by atoms with Gasteiger partial charge in [-0.3, -0.25) is 0 Å². The molecule has 0 unspecified atom stereocenters. The average molecular weight is 543 g/mol. The van der Waals surface area contributed by atoms with Gasteiger partial charge in [-0.1, -0.05) is 58.3 Å². The highest BCUT2D eigenvalue weighted by Crippen LogP contribution is 2.22. The minimum absolute atomic E-state index is 0.177. The fourth-order valence-corrected chi connectivity index (χ4v) is 3.94. The fourth-order valence-electron chi connectivity index (χ4n) is 3.94. The smallest absolute Gasteiger partial charge is 0.344 e. The van der Waals surface area contributed by atoms with E-state index >= 15 is 0 Å². The highest BCUT2D eigenvalue weighted by molar-refractivity contribution is 5.97. The third-order valence-corrected chi connectivity index (χ3v) is 6.23. The Bertz CT molecular complexity index is 1260. The first-order valence-corrected chi connectivity index (χ1v) is 14.0. The lowest BCUT2D eigenvalue weighted by atomic mass is 10.0. The maximum Gasteiger partial charge on any atom is 0.344 e. The van der Waals surface area contributed by atoms with Crippen LogP contribution in [0.5, 0.6) is 23.0 Å². The lowest BCUT2D eigenvalue weighted by Gasteiger charge is -2.10. The van der Waals surface area contributed by atoms with Crippen molar-refractivity contribution in [2.75, 3.05) is 13.2 Å². The van der Waals surface area contributed by atoms with Gasteiger partial charge in [-0.2, -0.15) is 0 Å². The van der Waals surface area contributed by atoms with E-state index in [0.29, 0.717) is 30.5 Å². The number of carbonyl (C=O) groups is 2. The van der Waals surface area contributed by atoms with Crippen LogP contribution < -0.4 is 18.9 Å². The summed E-state index contributed by atoms with van der Waals surface area (Å²) in [6.45, 7) is 5.65. The molecule has 0 aromatic heterocycles. The number of hydrogen-bond acceptors (Lipinski definition) is 6. The van der Waals surface area contributed by atoms with Crippen LogP contribution in [0.15, 0.2) is 66.7 Å². The average Bonchev–Trinajstić information content (AvgIpc) is 2.98. The molecule has 0 aliphatic rings. The Morgan fingerprint density at radius 2 is 1.10 bits per heavy atom. The Morgan fingerprint density at radius 3 is 1.57 bits per heavy atom. The molecule has 0 saturated heterocycles. The number of ether oxygens (including phenoxy) is 4. The minimum Gasteiger partial charge on any atom is -0.494 e. The molecule has 0 heterocycles. The lowest BCUT2D eigenvalue weighted by Crippen LogP contribution is -2.13. The molecule has 0 spiro atoms. The molecular formula is C34H38O6. The Morgan fingerprint density at radius 1 is 0.625 bits per heavy atom. The normalized spacial score (nSPS) is 10.4. The van der Waals surface area contributed by atoms with Crippen LogP contribution in [0.25, 0.3) is 0 Å². The van der Waals surface area contributed by atoms with Gasteiger partial charge in [-0.15, -0.1) is 6.42 Å². The number of rotatable bonds is 16. The number of carbonyl (C=O) groups excluding carboxylic acids is 2. The number of benzene rings is 3. The van der Waals surface area contributed by atoms with Crippen molar-refractivity contribution in [2.24, 2.45) is 0 Å². The molecule has 0 N–H and O–H groups in total. The van der Waals surface area contributed by atoms with Crippen molar-refractivity contribution in [2.45, 2.75) is 65.2 Å². The highest BCUT2D eigenvalue weighted by atomic mass is 16.5. The van der Waals surface area contributed by atoms with E-state index in [2.05, 4.69) is 19.8 Å². The predicted molar refractivity (Wildman–Crippen MR) is 156 cm³/mol. The Labute approximate surface area is 237 Å². The van der Waals surface area contributed by atoms with Crippen molar-refractivity contribution >= 4 is 11.9 Å². The van der Waals surface area contributed by atoms with E-state index in [1.54, 1.807) is 48.5 Å². The van der Waals surface area contributed by atoms with Crippen molar-refractivity contribution in [3.05, 3.63) is 83.4 Å². The standard InChI is InChI=1S/C34H38O6/c1-4-7-9-11-23-37-28-14-18-30(19-15-28)39-33(35)27-13-22-32(26(6-3)25-27)34(36)40-31-20-16-29(17-21-31)38-24-12-10-8-5-2/h3,13-22,25H,4-5,7-12,23-24H2,1-2H3. The molecule has 0 amide bonds. The van der Waals surface area contributed by atoms with Crippen LogP contribution in [0, 0.1) is 12.3 Å². The Kier molecular flexibility index (Phi) is 12.6. The molecule has 0 radical (unpaired) electrons. The number of esters is 2. The molecule has 0 fully saturated rings. The summed E-state index contributed by atoms with van der Waals surface area (Å²) in [6.07, 6.45) is 14.7. The van der Waals surface area contributed by atoms with E-state index in [4.69, 9.17) is 25.4 Å². The molecule has 0 atom stereocenters. The van der Waals surface area contributed by atoms with Gasteiger partial charge in [0, 0.05) is 5.56 Å². The summed E-state index contributed by atoms with van der Waals surface area (Å²) in [7, 11) is 0. The first-order valence-electron chi connectivity index (χ1n) is 14.0. The topological polar surface area (TPSA) is 71.1 Å². The van der Waals surface area contributed by atoms with Crippen LogP contribution in [0.1, 0.15) is 91.5 Å². The molecule has 3 rings (SSSR count). The second kappa shape index (κ2) is 16.7. The van der Waals surface area contributed by atoms with Crippen molar-refractivity contribution in [3.8, 4) is 35.3 Å². The van der Waals surface area contributed by atoms with Gasteiger partial charge in [0.25, 0.3) is 0 Å². The molecule has 3 aromatic carbocycles. The van der Waals surface area contributed by atoms with Crippen LogP contribution in [0.2, 0.25) is 0 Å². The van der Waals surface area contributed by atoms with Crippen molar-refractivity contribution in [1.82, 2.24) is 0 Å². The van der Waals surface area contributed by atoms with Gasteiger partial charge >= 0.3 is 11.9 Å². The number of hydrogen-bond donors (Lipinski definition) is 0. The zero-order valence-corrected chi connectivity index (χ0v) is 23.4. The van der Waals surface area contributed by atoms with E-state index in [1.165, 1.54) is 43.9 Å². The third-order valence-electron chi connectivity index (χ3n) is 6.23. The van der Waals surface area contributed by atoms with Crippen LogP contribution in [0.3, 0.4) is 0 Å². The summed E-state index contributed by atoms with van der Waals surface area (Å²) in [4.78, 5) is 25.5. The number of terminal acetylenes is 1. The first-order chi connectivity index (χ1) is 19.5. The minimum atomic E-state index is -0.619. The summed E-state index contributed by atoms with van der Waals surface area (Å²) in [5.74, 6) is 3.43. The Balaban J connectivity index is 1.54. The zero-order chi connectivity index (χ0) is 28.6. The molecule has 40 heavy (non-hydrogen) atoms. The molecule has 0 saturated carbocycles. The van der Waals surface area contributed by atoms with Gasteiger partial charge in [0.2, 0.25) is 0 Å². The predicted octanol–water partition coefficient (Wildman–Crippen LogP) is 8.02. The van der Waals surface area contributed by atoms with E-state index in [9.17, 15) is 9.59 Å². The Hall–Kier alpha value is -4.24. The van der Waals surface area contributed by atoms with Crippen LogP contribution in [0.4, 0.5) is 0 Å². The van der Waals surface area contributed by atoms with Gasteiger partial charge in [0.15, 0.2) is 0 Å². The van der Waals surface area contributed by atoms with Crippen LogP contribution in [-0.2, 0) is 0 Å². The summed E-state index contributed by atoms with van der Waals surface area (Å²) < 4.78 is 22.4. The molecule has 6 nitrogen and oxygen atoms in total. The van der Waals surface area contributed by atoms with E-state index < -0.39 is 11.9 Å². The second-order valence-corrected chi connectivity index (χ2v) is 9.44. The SMILES string of the molecule is C#Cc1cc(C(=O)Oc2ccc(OCCCCCC)cc2)ccc1C(=O)Oc1ccc(OCCCCCC)cc1. The quantitative estimate of drug-likeness (QED) is 0.0790. The van der Waals surface area contributed by atoms with Crippen LogP contribution >= 0.6 is 0 Å². The van der Waals surface area contributed by atoms with Gasteiger partial charge in [0.05, 0.1) is 24.3 Å².